The molecule has 0 spiro atoms. The minimum Gasteiger partial charge on any atom is -0.453 e. The number of ether oxygens (including phenoxy) is 1. The number of para-hydroxylation sites is 1. The smallest absolute Gasteiger partial charge is 0.413 e. The van der Waals surface area contributed by atoms with Crippen molar-refractivity contribution in [2.75, 3.05) is 19.0 Å². The van der Waals surface area contributed by atoms with Crippen LogP contribution >= 0.6 is 11.3 Å². The van der Waals surface area contributed by atoms with Gasteiger partial charge in [-0.3, -0.25) is 10.1 Å². The van der Waals surface area contributed by atoms with Gasteiger partial charge in [0.1, 0.15) is 11.1 Å². The summed E-state index contributed by atoms with van der Waals surface area (Å²) in [6, 6.07) is 8.62. The first kappa shape index (κ1) is 17.2. The summed E-state index contributed by atoms with van der Waals surface area (Å²) in [5.74, 6) is -0.379. The van der Waals surface area contributed by atoms with Crippen molar-refractivity contribution in [3.63, 3.8) is 0 Å². The molecule has 0 saturated carbocycles. The lowest BCUT2D eigenvalue weighted by atomic mass is 10.1. The second kappa shape index (κ2) is 6.84. The first-order valence-electron chi connectivity index (χ1n) is 8.21. The van der Waals surface area contributed by atoms with Crippen LogP contribution in [0, 0.1) is 0 Å². The Morgan fingerprint density at radius 1 is 1.33 bits per heavy atom. The van der Waals surface area contributed by atoms with E-state index < -0.39 is 11.7 Å². The van der Waals surface area contributed by atoms with Crippen LogP contribution in [0.15, 0.2) is 39.5 Å². The van der Waals surface area contributed by atoms with E-state index in [1.54, 1.807) is 29.2 Å². The van der Waals surface area contributed by atoms with Crippen LogP contribution in [0.5, 0.6) is 0 Å². The molecule has 0 radical (unpaired) electrons. The van der Waals surface area contributed by atoms with E-state index in [2.05, 4.69) is 15.0 Å². The van der Waals surface area contributed by atoms with Crippen molar-refractivity contribution in [1.29, 1.82) is 0 Å². The molecule has 0 atom stereocenters. The summed E-state index contributed by atoms with van der Waals surface area (Å²) in [5.41, 5.74) is 0.637. The minimum absolute atomic E-state index is 0.00887. The van der Waals surface area contributed by atoms with Gasteiger partial charge in [-0.2, -0.15) is 0 Å². The second-order valence-electron chi connectivity index (χ2n) is 5.97. The van der Waals surface area contributed by atoms with E-state index in [1.807, 2.05) is 6.07 Å². The fourth-order valence-electron chi connectivity index (χ4n) is 2.94. The van der Waals surface area contributed by atoms with Gasteiger partial charge in [0.2, 0.25) is 0 Å². The zero-order chi connectivity index (χ0) is 19.0. The lowest BCUT2D eigenvalue weighted by Gasteiger charge is -2.25. The fourth-order valence-corrected chi connectivity index (χ4v) is 3.95. The quantitative estimate of drug-likeness (QED) is 0.681. The number of anilines is 1. The Balaban J connectivity index is 1.58. The maximum atomic E-state index is 12.9. The highest BCUT2D eigenvalue weighted by molar-refractivity contribution is 7.15. The van der Waals surface area contributed by atoms with E-state index in [-0.39, 0.29) is 11.5 Å². The number of methoxy groups -OCH3 is 1. The lowest BCUT2D eigenvalue weighted by molar-refractivity contribution is 0.0732. The highest BCUT2D eigenvalue weighted by Crippen LogP contribution is 2.29. The van der Waals surface area contributed by atoms with Crippen LogP contribution in [0.2, 0.25) is 0 Å². The Bertz CT molecular complexity index is 1100. The first-order chi connectivity index (χ1) is 13.0. The molecule has 0 bridgehead atoms. The molecule has 1 aromatic carbocycles. The molecule has 138 valence electrons. The standard InChI is InChI=1S/C18H15N3O5S/c1-25-18(24)20-17-19-12-6-7-21(9-14(12)27-17)15(22)11-8-10-4-2-3-5-13(10)26-16(11)23/h2-5,8H,6-7,9H2,1H3,(H,19,20,24). The number of amides is 2. The number of benzene rings is 1. The summed E-state index contributed by atoms with van der Waals surface area (Å²) in [7, 11) is 1.28. The molecule has 1 aliphatic rings. The predicted molar refractivity (Wildman–Crippen MR) is 99.1 cm³/mol. The number of hydrogen-bond acceptors (Lipinski definition) is 7. The minimum atomic E-state index is -0.651. The number of thiazole rings is 1. The molecule has 0 fully saturated rings. The molecule has 27 heavy (non-hydrogen) atoms. The van der Waals surface area contributed by atoms with Crippen molar-refractivity contribution in [3.05, 3.63) is 56.9 Å². The van der Waals surface area contributed by atoms with Crippen LogP contribution in [0.4, 0.5) is 9.93 Å². The zero-order valence-electron chi connectivity index (χ0n) is 14.4. The van der Waals surface area contributed by atoms with Crippen LogP contribution in [-0.2, 0) is 17.7 Å². The molecule has 2 amide bonds. The van der Waals surface area contributed by atoms with Gasteiger partial charge in [-0.05, 0) is 12.1 Å². The molecular formula is C18H15N3O5S. The molecule has 1 aliphatic heterocycles. The van der Waals surface area contributed by atoms with E-state index >= 15 is 0 Å². The van der Waals surface area contributed by atoms with Gasteiger partial charge < -0.3 is 14.1 Å². The lowest BCUT2D eigenvalue weighted by Crippen LogP contribution is -2.37. The first-order valence-corrected chi connectivity index (χ1v) is 9.02. The molecular weight excluding hydrogens is 370 g/mol. The van der Waals surface area contributed by atoms with Crippen molar-refractivity contribution >= 4 is 39.4 Å². The predicted octanol–water partition coefficient (Wildman–Crippen LogP) is 2.63. The van der Waals surface area contributed by atoms with E-state index in [4.69, 9.17) is 4.42 Å². The molecule has 0 aliphatic carbocycles. The molecule has 1 N–H and O–H groups in total. The third-order valence-electron chi connectivity index (χ3n) is 4.28. The van der Waals surface area contributed by atoms with Crippen molar-refractivity contribution in [2.24, 2.45) is 0 Å². The molecule has 8 nitrogen and oxygen atoms in total. The van der Waals surface area contributed by atoms with Gasteiger partial charge in [-0.15, -0.1) is 0 Å². The number of aromatic nitrogens is 1. The van der Waals surface area contributed by atoms with Crippen molar-refractivity contribution in [3.8, 4) is 0 Å². The number of carbonyl (C=O) groups excluding carboxylic acids is 2. The Hall–Kier alpha value is -3.20. The second-order valence-corrected chi connectivity index (χ2v) is 7.05. The van der Waals surface area contributed by atoms with Gasteiger partial charge in [0.25, 0.3) is 5.91 Å². The van der Waals surface area contributed by atoms with Gasteiger partial charge in [-0.25, -0.2) is 14.6 Å². The highest BCUT2D eigenvalue weighted by atomic mass is 32.1. The third kappa shape index (κ3) is 3.28. The summed E-state index contributed by atoms with van der Waals surface area (Å²) < 4.78 is 9.82. The maximum Gasteiger partial charge on any atom is 0.413 e. The molecule has 3 heterocycles. The Morgan fingerprint density at radius 2 is 2.15 bits per heavy atom. The molecule has 3 aromatic rings. The Morgan fingerprint density at radius 3 is 2.96 bits per heavy atom. The van der Waals surface area contributed by atoms with Crippen molar-refractivity contribution < 1.29 is 18.7 Å². The molecule has 0 saturated heterocycles. The van der Waals surface area contributed by atoms with E-state index in [0.717, 1.165) is 10.6 Å². The van der Waals surface area contributed by atoms with Crippen LogP contribution in [0.1, 0.15) is 20.9 Å². The summed E-state index contributed by atoms with van der Waals surface area (Å²) in [5, 5.41) is 3.65. The summed E-state index contributed by atoms with van der Waals surface area (Å²) in [6.45, 7) is 0.750. The van der Waals surface area contributed by atoms with Gasteiger partial charge in [-0.1, -0.05) is 29.5 Å². The summed E-state index contributed by atoms with van der Waals surface area (Å²) >= 11 is 1.28. The third-order valence-corrected chi connectivity index (χ3v) is 5.28. The summed E-state index contributed by atoms with van der Waals surface area (Å²) in [4.78, 5) is 43.2. The average molecular weight is 385 g/mol. The van der Waals surface area contributed by atoms with Crippen LogP contribution < -0.4 is 10.9 Å². The Labute approximate surface area is 157 Å². The number of fused-ring (bicyclic) bond motifs is 2. The SMILES string of the molecule is COC(=O)Nc1nc2c(s1)CN(C(=O)c1cc3ccccc3oc1=O)CC2. The van der Waals surface area contributed by atoms with Gasteiger partial charge >= 0.3 is 11.7 Å². The van der Waals surface area contributed by atoms with Crippen molar-refractivity contribution in [1.82, 2.24) is 9.88 Å². The number of hydrogen-bond donors (Lipinski definition) is 1. The molecule has 0 unspecified atom stereocenters. The largest absolute Gasteiger partial charge is 0.453 e. The zero-order valence-corrected chi connectivity index (χ0v) is 15.2. The van der Waals surface area contributed by atoms with E-state index in [0.29, 0.717) is 35.6 Å². The van der Waals surface area contributed by atoms with Crippen LogP contribution in [0.3, 0.4) is 0 Å². The van der Waals surface area contributed by atoms with Crippen molar-refractivity contribution in [2.45, 2.75) is 13.0 Å². The highest BCUT2D eigenvalue weighted by Gasteiger charge is 2.27. The number of nitrogens with zero attached hydrogens (tertiary/aromatic N) is 2. The fraction of sp³-hybridized carbons (Fsp3) is 0.222. The van der Waals surface area contributed by atoms with Gasteiger partial charge in [0.15, 0.2) is 5.13 Å². The number of carbonyl (C=O) groups is 2. The molecule has 2 aromatic heterocycles. The molecule has 9 heteroatoms. The number of rotatable bonds is 2. The normalized spacial score (nSPS) is 13.3. The average Bonchev–Trinajstić information content (AvgIpc) is 3.08. The summed E-state index contributed by atoms with van der Waals surface area (Å²) in [6.07, 6.45) is -0.0536. The Kier molecular flexibility index (Phi) is 4.36. The maximum absolute atomic E-state index is 12.9. The van der Waals surface area contributed by atoms with E-state index in [1.165, 1.54) is 18.4 Å². The van der Waals surface area contributed by atoms with E-state index in [9.17, 15) is 14.4 Å². The van der Waals surface area contributed by atoms with Crippen LogP contribution in [-0.4, -0.2) is 35.5 Å². The van der Waals surface area contributed by atoms with Gasteiger partial charge in [0, 0.05) is 23.2 Å². The number of nitrogens with one attached hydrogen (secondary N) is 1. The topological polar surface area (TPSA) is 102 Å². The molecule has 4 rings (SSSR count). The monoisotopic (exact) mass is 385 g/mol. The van der Waals surface area contributed by atoms with Gasteiger partial charge in [0.05, 0.1) is 19.3 Å². The van der Waals surface area contributed by atoms with Crippen LogP contribution in [0.25, 0.3) is 11.0 Å².